The van der Waals surface area contributed by atoms with E-state index < -0.39 is 0 Å². The molecule has 4 nitrogen and oxygen atoms in total. The van der Waals surface area contributed by atoms with E-state index in [2.05, 4.69) is 17.1 Å². The number of rotatable bonds is 1. The molecule has 2 saturated heterocycles. The molecule has 0 radical (unpaired) electrons. The average molecular weight is 289 g/mol. The normalized spacial score (nSPS) is 38.5. The summed E-state index contributed by atoms with van der Waals surface area (Å²) in [6, 6.07) is 0.345. The molecule has 0 aromatic rings. The first kappa shape index (κ1) is 15.1. The van der Waals surface area contributed by atoms with Gasteiger partial charge in [-0.15, -0.1) is 12.4 Å². The number of carbonyl (C=O) groups is 1. The second kappa shape index (κ2) is 5.98. The minimum atomic E-state index is -0.181. The van der Waals surface area contributed by atoms with E-state index in [1.54, 1.807) is 0 Å². The quantitative estimate of drug-likeness (QED) is 0.796. The van der Waals surface area contributed by atoms with E-state index in [4.69, 9.17) is 4.74 Å². The number of hydrogen-bond acceptors (Lipinski definition) is 3. The Morgan fingerprint density at radius 2 is 2.16 bits per heavy atom. The third-order valence-corrected chi connectivity index (χ3v) is 4.88. The summed E-state index contributed by atoms with van der Waals surface area (Å²) in [6.45, 7) is 5.43. The Kier molecular flexibility index (Phi) is 4.75. The third kappa shape index (κ3) is 2.76. The van der Waals surface area contributed by atoms with Crippen molar-refractivity contribution in [2.45, 2.75) is 51.2 Å². The summed E-state index contributed by atoms with van der Waals surface area (Å²) in [5.41, 5.74) is -0.181. The number of nitrogens with one attached hydrogen (secondary N) is 1. The Morgan fingerprint density at radius 1 is 1.37 bits per heavy atom. The molecule has 1 saturated carbocycles. The maximum Gasteiger partial charge on any atom is 0.230 e. The highest BCUT2D eigenvalue weighted by atomic mass is 35.5. The largest absolute Gasteiger partial charge is 0.374 e. The first-order chi connectivity index (χ1) is 8.71. The molecule has 1 N–H and O–H groups in total. The minimum absolute atomic E-state index is 0. The third-order valence-electron chi connectivity index (χ3n) is 4.88. The maximum absolute atomic E-state index is 12.8. The van der Waals surface area contributed by atoms with Crippen LogP contribution in [0, 0.1) is 5.41 Å². The number of carbonyl (C=O) groups excluding carboxylic acids is 1. The van der Waals surface area contributed by atoms with E-state index in [9.17, 15) is 4.79 Å². The molecule has 110 valence electrons. The maximum atomic E-state index is 12.8. The van der Waals surface area contributed by atoms with Crippen molar-refractivity contribution in [2.24, 2.45) is 5.41 Å². The fourth-order valence-corrected chi connectivity index (χ4v) is 3.69. The van der Waals surface area contributed by atoms with Crippen LogP contribution in [0.5, 0.6) is 0 Å². The van der Waals surface area contributed by atoms with Gasteiger partial charge < -0.3 is 15.0 Å². The van der Waals surface area contributed by atoms with Crippen molar-refractivity contribution in [3.8, 4) is 0 Å². The molecule has 0 aromatic carbocycles. The molecule has 2 aliphatic heterocycles. The van der Waals surface area contributed by atoms with Crippen molar-refractivity contribution in [3.05, 3.63) is 0 Å². The molecule has 3 aliphatic rings. The molecule has 1 aliphatic carbocycles. The highest BCUT2D eigenvalue weighted by Gasteiger charge is 2.44. The summed E-state index contributed by atoms with van der Waals surface area (Å²) in [6.07, 6.45) is 6.02. The van der Waals surface area contributed by atoms with Gasteiger partial charge in [-0.3, -0.25) is 4.79 Å². The zero-order chi connectivity index (χ0) is 12.6. The van der Waals surface area contributed by atoms with Crippen LogP contribution in [-0.4, -0.2) is 49.2 Å². The first-order valence-electron chi connectivity index (χ1n) is 7.34. The fraction of sp³-hybridized carbons (Fsp3) is 0.929. The van der Waals surface area contributed by atoms with E-state index in [0.29, 0.717) is 18.1 Å². The summed E-state index contributed by atoms with van der Waals surface area (Å²) in [5, 5.41) is 3.33. The van der Waals surface area contributed by atoms with E-state index in [0.717, 1.165) is 45.5 Å². The van der Waals surface area contributed by atoms with Crippen LogP contribution in [0.1, 0.15) is 39.0 Å². The number of ether oxygens (including phenoxy) is 1. The van der Waals surface area contributed by atoms with Crippen LogP contribution < -0.4 is 5.32 Å². The monoisotopic (exact) mass is 288 g/mol. The van der Waals surface area contributed by atoms with E-state index in [1.807, 2.05) is 0 Å². The molecule has 1 amide bonds. The van der Waals surface area contributed by atoms with Crippen molar-refractivity contribution in [2.75, 3.05) is 26.2 Å². The summed E-state index contributed by atoms with van der Waals surface area (Å²) >= 11 is 0. The number of morpholine rings is 1. The van der Waals surface area contributed by atoms with E-state index >= 15 is 0 Å². The Labute approximate surface area is 121 Å². The predicted octanol–water partition coefficient (Wildman–Crippen LogP) is 1.58. The summed E-state index contributed by atoms with van der Waals surface area (Å²) in [5.74, 6) is 0.354. The van der Waals surface area contributed by atoms with Gasteiger partial charge in [-0.25, -0.2) is 0 Å². The number of amides is 1. The van der Waals surface area contributed by atoms with Crippen LogP contribution in [0.3, 0.4) is 0 Å². The molecule has 19 heavy (non-hydrogen) atoms. The van der Waals surface area contributed by atoms with Crippen LogP contribution in [0.4, 0.5) is 0 Å². The smallest absolute Gasteiger partial charge is 0.230 e. The molecule has 2 heterocycles. The lowest BCUT2D eigenvalue weighted by atomic mass is 9.84. The molecule has 3 fully saturated rings. The Bertz CT molecular complexity index is 329. The SMILES string of the molecule is CC1(C(=O)N2CCOC3CCCCC32)CCNC1.Cl. The standard InChI is InChI=1S/C14H24N2O2.ClH/c1-14(6-7-15-10-14)13(17)16-8-9-18-12-5-3-2-4-11(12)16;/h11-12,15H,2-10H2,1H3;1H. The van der Waals surface area contributed by atoms with Gasteiger partial charge >= 0.3 is 0 Å². The molecule has 3 rings (SSSR count). The highest BCUT2D eigenvalue weighted by molar-refractivity contribution is 5.85. The molecule has 3 atom stereocenters. The lowest BCUT2D eigenvalue weighted by molar-refractivity contribution is -0.158. The number of hydrogen-bond donors (Lipinski definition) is 1. The van der Waals surface area contributed by atoms with Gasteiger partial charge in [0.1, 0.15) is 0 Å². The van der Waals surface area contributed by atoms with Crippen LogP contribution in [0.15, 0.2) is 0 Å². The van der Waals surface area contributed by atoms with E-state index in [1.165, 1.54) is 12.8 Å². The van der Waals surface area contributed by atoms with Crippen LogP contribution in [-0.2, 0) is 9.53 Å². The fourth-order valence-electron chi connectivity index (χ4n) is 3.69. The molecule has 3 unspecified atom stereocenters. The average Bonchev–Trinajstić information content (AvgIpc) is 2.85. The van der Waals surface area contributed by atoms with Crippen molar-refractivity contribution >= 4 is 18.3 Å². The molecule has 0 bridgehead atoms. The Balaban J connectivity index is 0.00000133. The summed E-state index contributed by atoms with van der Waals surface area (Å²) in [4.78, 5) is 14.9. The van der Waals surface area contributed by atoms with Gasteiger partial charge in [-0.2, -0.15) is 0 Å². The lowest BCUT2D eigenvalue weighted by Gasteiger charge is -2.46. The second-order valence-electron chi connectivity index (χ2n) is 6.25. The van der Waals surface area contributed by atoms with Crippen molar-refractivity contribution in [1.29, 1.82) is 0 Å². The topological polar surface area (TPSA) is 41.6 Å². The van der Waals surface area contributed by atoms with Crippen LogP contribution in [0.2, 0.25) is 0 Å². The zero-order valence-electron chi connectivity index (χ0n) is 11.7. The van der Waals surface area contributed by atoms with Crippen LogP contribution in [0.25, 0.3) is 0 Å². The van der Waals surface area contributed by atoms with Gasteiger partial charge in [-0.1, -0.05) is 12.8 Å². The van der Waals surface area contributed by atoms with Gasteiger partial charge in [0.25, 0.3) is 0 Å². The van der Waals surface area contributed by atoms with Gasteiger partial charge in [0.15, 0.2) is 0 Å². The second-order valence-corrected chi connectivity index (χ2v) is 6.25. The van der Waals surface area contributed by atoms with Crippen molar-refractivity contribution in [3.63, 3.8) is 0 Å². The van der Waals surface area contributed by atoms with Crippen molar-refractivity contribution < 1.29 is 9.53 Å². The molecular weight excluding hydrogens is 264 g/mol. The lowest BCUT2D eigenvalue weighted by Crippen LogP contribution is -2.58. The highest BCUT2D eigenvalue weighted by Crippen LogP contribution is 2.34. The molecule has 5 heteroatoms. The van der Waals surface area contributed by atoms with Crippen molar-refractivity contribution in [1.82, 2.24) is 10.2 Å². The molecule has 0 aromatic heterocycles. The van der Waals surface area contributed by atoms with Gasteiger partial charge in [0, 0.05) is 13.1 Å². The number of fused-ring (bicyclic) bond motifs is 1. The molecule has 0 spiro atoms. The van der Waals surface area contributed by atoms with E-state index in [-0.39, 0.29) is 17.8 Å². The predicted molar refractivity (Wildman–Crippen MR) is 76.6 cm³/mol. The number of halogens is 1. The Hall–Kier alpha value is -0.320. The summed E-state index contributed by atoms with van der Waals surface area (Å²) < 4.78 is 5.85. The minimum Gasteiger partial charge on any atom is -0.374 e. The zero-order valence-corrected chi connectivity index (χ0v) is 12.5. The van der Waals surface area contributed by atoms with Gasteiger partial charge in [-0.05, 0) is 32.7 Å². The number of nitrogens with zero attached hydrogens (tertiary/aromatic N) is 1. The Morgan fingerprint density at radius 3 is 2.89 bits per heavy atom. The summed E-state index contributed by atoms with van der Waals surface area (Å²) in [7, 11) is 0. The first-order valence-corrected chi connectivity index (χ1v) is 7.34. The van der Waals surface area contributed by atoms with Gasteiger partial charge in [0.05, 0.1) is 24.2 Å². The molecular formula is C14H25ClN2O2. The van der Waals surface area contributed by atoms with Crippen LogP contribution >= 0.6 is 12.4 Å². The van der Waals surface area contributed by atoms with Gasteiger partial charge in [0.2, 0.25) is 5.91 Å².